The molecule has 2 atom stereocenters. The van der Waals surface area contributed by atoms with E-state index in [-0.39, 0.29) is 31.2 Å². The number of carbonyl (C=O) groups excluding carboxylic acids is 3. The molecule has 0 aliphatic heterocycles. The molecule has 0 spiro atoms. The Labute approximate surface area is 176 Å². The molecule has 2 amide bonds. The third-order valence-electron chi connectivity index (χ3n) is 4.65. The van der Waals surface area contributed by atoms with E-state index in [2.05, 4.69) is 10.6 Å². The number of methoxy groups -OCH3 is 2. The predicted molar refractivity (Wildman–Crippen MR) is 113 cm³/mol. The lowest BCUT2D eigenvalue weighted by atomic mass is 10.1. The maximum atomic E-state index is 12.3. The van der Waals surface area contributed by atoms with Crippen LogP contribution in [0.25, 0.3) is 0 Å². The summed E-state index contributed by atoms with van der Waals surface area (Å²) in [5, 5.41) is 5.53. The molecule has 0 saturated heterocycles. The highest BCUT2D eigenvalue weighted by molar-refractivity contribution is 5.87. The van der Waals surface area contributed by atoms with Gasteiger partial charge in [-0.05, 0) is 30.2 Å². The van der Waals surface area contributed by atoms with E-state index in [1.54, 1.807) is 19.2 Å². The molecule has 0 aliphatic carbocycles. The molecule has 2 aromatic carbocycles. The van der Waals surface area contributed by atoms with Crippen LogP contribution in [0.4, 0.5) is 0 Å². The Morgan fingerprint density at radius 1 is 0.900 bits per heavy atom. The van der Waals surface area contributed by atoms with Crippen molar-refractivity contribution in [1.29, 1.82) is 0 Å². The van der Waals surface area contributed by atoms with Gasteiger partial charge in [-0.25, -0.2) is 4.79 Å². The highest BCUT2D eigenvalue weighted by atomic mass is 16.5. The first-order valence-corrected chi connectivity index (χ1v) is 9.77. The second-order valence-electron chi connectivity index (χ2n) is 6.90. The Balaban J connectivity index is 1.87. The smallest absolute Gasteiger partial charge is 0.328 e. The first-order valence-electron chi connectivity index (χ1n) is 9.77. The fourth-order valence-corrected chi connectivity index (χ4v) is 3.00. The molecule has 0 aromatic heterocycles. The lowest BCUT2D eigenvalue weighted by Gasteiger charge is -2.17. The van der Waals surface area contributed by atoms with Gasteiger partial charge in [0.15, 0.2) is 0 Å². The first-order chi connectivity index (χ1) is 14.4. The molecule has 2 aromatic rings. The number of amides is 2. The van der Waals surface area contributed by atoms with Crippen LogP contribution in [0, 0.1) is 0 Å². The van der Waals surface area contributed by atoms with Crippen molar-refractivity contribution in [2.24, 2.45) is 0 Å². The molecule has 0 bridgehead atoms. The van der Waals surface area contributed by atoms with E-state index in [9.17, 15) is 14.4 Å². The lowest BCUT2D eigenvalue weighted by Crippen LogP contribution is -2.43. The number of hydrogen-bond acceptors (Lipinski definition) is 5. The van der Waals surface area contributed by atoms with Crippen LogP contribution in [0.1, 0.15) is 36.9 Å². The highest BCUT2D eigenvalue weighted by Crippen LogP contribution is 2.15. The molecule has 0 fully saturated rings. The van der Waals surface area contributed by atoms with Crippen molar-refractivity contribution in [2.45, 2.75) is 38.3 Å². The van der Waals surface area contributed by atoms with E-state index < -0.39 is 17.9 Å². The molecule has 7 nitrogen and oxygen atoms in total. The van der Waals surface area contributed by atoms with Gasteiger partial charge < -0.3 is 20.1 Å². The fourth-order valence-electron chi connectivity index (χ4n) is 3.00. The van der Waals surface area contributed by atoms with E-state index in [1.807, 2.05) is 49.4 Å². The molecular formula is C23H28N2O5. The summed E-state index contributed by atoms with van der Waals surface area (Å²) in [5.41, 5.74) is 1.80. The molecule has 0 heterocycles. The second-order valence-corrected chi connectivity index (χ2v) is 6.90. The van der Waals surface area contributed by atoms with Crippen LogP contribution in [0.15, 0.2) is 54.6 Å². The van der Waals surface area contributed by atoms with Crippen LogP contribution >= 0.6 is 0 Å². The van der Waals surface area contributed by atoms with Crippen molar-refractivity contribution >= 4 is 17.8 Å². The number of ether oxygens (including phenoxy) is 2. The molecule has 7 heteroatoms. The number of rotatable bonds is 10. The molecule has 0 saturated carbocycles. The van der Waals surface area contributed by atoms with Crippen LogP contribution < -0.4 is 15.4 Å². The van der Waals surface area contributed by atoms with Gasteiger partial charge in [0.1, 0.15) is 11.8 Å². The van der Waals surface area contributed by atoms with Crippen molar-refractivity contribution in [3.05, 3.63) is 65.7 Å². The largest absolute Gasteiger partial charge is 0.497 e. The van der Waals surface area contributed by atoms with Gasteiger partial charge in [-0.1, -0.05) is 42.5 Å². The summed E-state index contributed by atoms with van der Waals surface area (Å²) in [6.07, 6.45) is 0.252. The summed E-state index contributed by atoms with van der Waals surface area (Å²) in [7, 11) is 2.83. The van der Waals surface area contributed by atoms with Gasteiger partial charge in [-0.2, -0.15) is 0 Å². The van der Waals surface area contributed by atoms with E-state index in [1.165, 1.54) is 7.11 Å². The minimum absolute atomic E-state index is 0.0239. The molecular weight excluding hydrogens is 384 g/mol. The van der Waals surface area contributed by atoms with Crippen molar-refractivity contribution in [3.63, 3.8) is 0 Å². The fraction of sp³-hybridized carbons (Fsp3) is 0.348. The van der Waals surface area contributed by atoms with Crippen molar-refractivity contribution < 1.29 is 23.9 Å². The minimum atomic E-state index is -0.846. The van der Waals surface area contributed by atoms with E-state index in [0.29, 0.717) is 5.75 Å². The zero-order valence-electron chi connectivity index (χ0n) is 17.5. The summed E-state index contributed by atoms with van der Waals surface area (Å²) in [5.74, 6) is -0.514. The Morgan fingerprint density at radius 2 is 1.57 bits per heavy atom. The van der Waals surface area contributed by atoms with Crippen LogP contribution in [-0.4, -0.2) is 38.0 Å². The predicted octanol–water partition coefficient (Wildman–Crippen LogP) is 2.55. The van der Waals surface area contributed by atoms with E-state index >= 15 is 0 Å². The van der Waals surface area contributed by atoms with Gasteiger partial charge in [0.05, 0.1) is 20.3 Å². The summed E-state index contributed by atoms with van der Waals surface area (Å²) < 4.78 is 9.99. The Bertz CT molecular complexity index is 854. The molecule has 2 N–H and O–H groups in total. The monoisotopic (exact) mass is 412 g/mol. The number of benzene rings is 2. The normalized spacial score (nSPS) is 12.4. The topological polar surface area (TPSA) is 93.7 Å². The van der Waals surface area contributed by atoms with Gasteiger partial charge >= 0.3 is 5.97 Å². The second kappa shape index (κ2) is 11.6. The number of esters is 1. The highest BCUT2D eigenvalue weighted by Gasteiger charge is 2.22. The summed E-state index contributed by atoms with van der Waals surface area (Å²) in [6.45, 7) is 1.88. The SMILES string of the molecule is COC(=O)[C@@H](Cc1cccc(OC)c1)NC(=O)CCC(=O)N[C@H](C)c1ccccc1. The maximum absolute atomic E-state index is 12.3. The van der Waals surface area contributed by atoms with Crippen LogP contribution in [0.3, 0.4) is 0 Å². The van der Waals surface area contributed by atoms with Crippen molar-refractivity contribution in [2.75, 3.05) is 14.2 Å². The molecule has 0 unspecified atom stereocenters. The van der Waals surface area contributed by atoms with Crippen LogP contribution in [-0.2, 0) is 25.5 Å². The Hall–Kier alpha value is -3.35. The average molecular weight is 412 g/mol. The van der Waals surface area contributed by atoms with Crippen molar-refractivity contribution in [3.8, 4) is 5.75 Å². The first kappa shape index (κ1) is 22.9. The molecule has 2 rings (SSSR count). The summed E-state index contributed by atoms with van der Waals surface area (Å²) >= 11 is 0. The van der Waals surface area contributed by atoms with E-state index in [0.717, 1.165) is 11.1 Å². The molecule has 160 valence electrons. The lowest BCUT2D eigenvalue weighted by molar-refractivity contribution is -0.145. The number of hydrogen-bond donors (Lipinski definition) is 2. The average Bonchev–Trinajstić information content (AvgIpc) is 2.77. The van der Waals surface area contributed by atoms with Gasteiger partial charge in [0, 0.05) is 19.3 Å². The maximum Gasteiger partial charge on any atom is 0.328 e. The molecule has 0 aliphatic rings. The van der Waals surface area contributed by atoms with Crippen molar-refractivity contribution in [1.82, 2.24) is 10.6 Å². The number of carbonyl (C=O) groups is 3. The van der Waals surface area contributed by atoms with Gasteiger partial charge in [0.2, 0.25) is 11.8 Å². The van der Waals surface area contributed by atoms with E-state index in [4.69, 9.17) is 9.47 Å². The van der Waals surface area contributed by atoms with Gasteiger partial charge in [0.25, 0.3) is 0 Å². The minimum Gasteiger partial charge on any atom is -0.497 e. The third kappa shape index (κ3) is 7.24. The summed E-state index contributed by atoms with van der Waals surface area (Å²) in [4.78, 5) is 36.6. The Morgan fingerprint density at radius 3 is 2.20 bits per heavy atom. The van der Waals surface area contributed by atoms with Crippen LogP contribution in [0.5, 0.6) is 5.75 Å². The Kier molecular flexibility index (Phi) is 8.87. The summed E-state index contributed by atoms with van der Waals surface area (Å²) in [6, 6.07) is 15.8. The standard InChI is InChI=1S/C23H28N2O5/c1-16(18-9-5-4-6-10-18)24-21(26)12-13-22(27)25-20(23(28)30-3)15-17-8-7-11-19(14-17)29-2/h4-11,14,16,20H,12-13,15H2,1-3H3,(H,24,26)(H,25,27)/t16-,20-/m1/s1. The van der Waals surface area contributed by atoms with Crippen LogP contribution in [0.2, 0.25) is 0 Å². The zero-order chi connectivity index (χ0) is 21.9. The quantitative estimate of drug-likeness (QED) is 0.585. The zero-order valence-corrected chi connectivity index (χ0v) is 17.5. The van der Waals surface area contributed by atoms with Gasteiger partial charge in [-0.15, -0.1) is 0 Å². The molecule has 30 heavy (non-hydrogen) atoms. The van der Waals surface area contributed by atoms with Gasteiger partial charge in [-0.3, -0.25) is 9.59 Å². The number of nitrogens with one attached hydrogen (secondary N) is 2. The third-order valence-corrected chi connectivity index (χ3v) is 4.65. The molecule has 0 radical (unpaired) electrons.